The Bertz CT molecular complexity index is 1300. The molecule has 4 aliphatic rings. The van der Waals surface area contributed by atoms with Crippen LogP contribution in [-0.2, 0) is 28.1 Å². The van der Waals surface area contributed by atoms with Crippen molar-refractivity contribution in [1.29, 1.82) is 0 Å². The van der Waals surface area contributed by atoms with E-state index in [2.05, 4.69) is 10.2 Å². The zero-order valence-electron chi connectivity index (χ0n) is 19.8. The molecule has 0 saturated carbocycles. The molecule has 0 aliphatic carbocycles. The van der Waals surface area contributed by atoms with Crippen LogP contribution in [0.3, 0.4) is 0 Å². The zero-order valence-corrected chi connectivity index (χ0v) is 19.8. The molecule has 186 valence electrons. The van der Waals surface area contributed by atoms with Gasteiger partial charge in [0.15, 0.2) is 0 Å². The van der Waals surface area contributed by atoms with Gasteiger partial charge in [-0.15, -0.1) is 0 Å². The highest BCUT2D eigenvalue weighted by Gasteiger charge is 2.47. The largest absolute Gasteiger partial charge is 0.492 e. The summed E-state index contributed by atoms with van der Waals surface area (Å²) in [7, 11) is 0. The second kappa shape index (κ2) is 8.44. The topological polar surface area (TPSA) is 116 Å². The van der Waals surface area contributed by atoms with Gasteiger partial charge in [-0.3, -0.25) is 24.6 Å². The Hall–Kier alpha value is -3.72. The fraction of sp³-hybridized carbons (Fsp3) is 0.407. The molecule has 9 nitrogen and oxygen atoms in total. The predicted molar refractivity (Wildman–Crippen MR) is 128 cm³/mol. The predicted octanol–water partition coefficient (Wildman–Crippen LogP) is 2.07. The average molecular weight is 490 g/mol. The molecular weight excluding hydrogens is 462 g/mol. The molecule has 0 bridgehead atoms. The van der Waals surface area contributed by atoms with E-state index in [0.29, 0.717) is 37.2 Å². The molecular formula is C27H27N3O6. The number of aromatic carboxylic acids is 1. The maximum atomic E-state index is 13.1. The molecule has 2 aromatic rings. The number of piperidine rings is 2. The van der Waals surface area contributed by atoms with E-state index in [-0.39, 0.29) is 23.7 Å². The summed E-state index contributed by atoms with van der Waals surface area (Å²) in [6.45, 7) is 3.29. The molecule has 1 atom stereocenters. The number of carboxylic acids is 1. The van der Waals surface area contributed by atoms with Crippen molar-refractivity contribution in [2.24, 2.45) is 0 Å². The summed E-state index contributed by atoms with van der Waals surface area (Å²) in [5.74, 6) is -1.05. The van der Waals surface area contributed by atoms with Crippen LogP contribution in [0, 0.1) is 0 Å². The number of ether oxygens (including phenoxy) is 1. The number of hydrogen-bond donors (Lipinski definition) is 2. The number of nitrogens with zero attached hydrogens (tertiary/aromatic N) is 2. The number of benzene rings is 2. The average Bonchev–Trinajstić information content (AvgIpc) is 3.39. The number of imide groups is 1. The summed E-state index contributed by atoms with van der Waals surface area (Å²) < 4.78 is 6.24. The highest BCUT2D eigenvalue weighted by Crippen LogP contribution is 2.49. The SMILES string of the molecule is O=C1CCC(N2Cc3c(ccc4c3OCC43CCN(Cc4cccc(C(=O)O)c4)CC3)C2=O)C(=O)N1. The van der Waals surface area contributed by atoms with Crippen LogP contribution >= 0.6 is 0 Å². The van der Waals surface area contributed by atoms with Gasteiger partial charge in [0.1, 0.15) is 11.8 Å². The quantitative estimate of drug-likeness (QED) is 0.632. The third kappa shape index (κ3) is 3.65. The number of hydrogen-bond acceptors (Lipinski definition) is 6. The first-order chi connectivity index (χ1) is 17.3. The van der Waals surface area contributed by atoms with Gasteiger partial charge in [0.05, 0.1) is 18.7 Å². The van der Waals surface area contributed by atoms with E-state index in [4.69, 9.17) is 4.74 Å². The Morgan fingerprint density at radius 2 is 1.94 bits per heavy atom. The van der Waals surface area contributed by atoms with Crippen molar-refractivity contribution < 1.29 is 29.0 Å². The number of carbonyl (C=O) groups excluding carboxylic acids is 3. The van der Waals surface area contributed by atoms with E-state index in [1.165, 1.54) is 0 Å². The first kappa shape index (κ1) is 22.7. The fourth-order valence-corrected chi connectivity index (χ4v) is 6.10. The fourth-order valence-electron chi connectivity index (χ4n) is 6.10. The smallest absolute Gasteiger partial charge is 0.335 e. The number of likely N-dealkylation sites (tertiary alicyclic amines) is 1. The maximum absolute atomic E-state index is 13.1. The molecule has 2 N–H and O–H groups in total. The first-order valence-corrected chi connectivity index (χ1v) is 12.3. The molecule has 1 spiro atoms. The summed E-state index contributed by atoms with van der Waals surface area (Å²) >= 11 is 0. The summed E-state index contributed by atoms with van der Waals surface area (Å²) in [5.41, 5.74) is 3.71. The lowest BCUT2D eigenvalue weighted by atomic mass is 9.74. The van der Waals surface area contributed by atoms with Gasteiger partial charge in [-0.25, -0.2) is 4.79 Å². The van der Waals surface area contributed by atoms with Crippen LogP contribution in [0.2, 0.25) is 0 Å². The molecule has 4 aliphatic heterocycles. The van der Waals surface area contributed by atoms with Crippen LogP contribution < -0.4 is 10.1 Å². The normalized spacial score (nSPS) is 22.8. The van der Waals surface area contributed by atoms with Gasteiger partial charge in [0, 0.05) is 35.1 Å². The highest BCUT2D eigenvalue weighted by molar-refractivity contribution is 6.05. The van der Waals surface area contributed by atoms with Crippen molar-refractivity contribution in [2.75, 3.05) is 19.7 Å². The molecule has 9 heteroatoms. The summed E-state index contributed by atoms with van der Waals surface area (Å²) in [6.07, 6.45) is 2.37. The van der Waals surface area contributed by atoms with Crippen LogP contribution in [0.5, 0.6) is 5.75 Å². The van der Waals surface area contributed by atoms with Crippen LogP contribution in [0.15, 0.2) is 36.4 Å². The van der Waals surface area contributed by atoms with Crippen LogP contribution in [0.4, 0.5) is 0 Å². The Morgan fingerprint density at radius 1 is 1.14 bits per heavy atom. The lowest BCUT2D eigenvalue weighted by Gasteiger charge is -2.38. The molecule has 36 heavy (non-hydrogen) atoms. The number of nitrogens with one attached hydrogen (secondary N) is 1. The van der Waals surface area contributed by atoms with Gasteiger partial charge in [0.25, 0.3) is 5.91 Å². The van der Waals surface area contributed by atoms with Gasteiger partial charge < -0.3 is 14.7 Å². The van der Waals surface area contributed by atoms with Crippen LogP contribution in [0.1, 0.15) is 63.1 Å². The molecule has 1 unspecified atom stereocenters. The van der Waals surface area contributed by atoms with Crippen molar-refractivity contribution in [1.82, 2.24) is 15.1 Å². The second-order valence-electron chi connectivity index (χ2n) is 10.2. The molecule has 2 fully saturated rings. The van der Waals surface area contributed by atoms with Gasteiger partial charge in [-0.2, -0.15) is 0 Å². The van der Waals surface area contributed by atoms with Crippen molar-refractivity contribution in [2.45, 2.75) is 50.2 Å². The second-order valence-corrected chi connectivity index (χ2v) is 10.2. The Balaban J connectivity index is 1.18. The van der Waals surface area contributed by atoms with Gasteiger partial charge in [-0.05, 0) is 56.1 Å². The van der Waals surface area contributed by atoms with Crippen LogP contribution in [0.25, 0.3) is 0 Å². The minimum Gasteiger partial charge on any atom is -0.492 e. The van der Waals surface area contributed by atoms with E-state index in [0.717, 1.165) is 48.4 Å². The summed E-state index contributed by atoms with van der Waals surface area (Å²) in [5, 5.41) is 11.6. The van der Waals surface area contributed by atoms with E-state index < -0.39 is 17.9 Å². The minimum atomic E-state index is -0.920. The Labute approximate surface area is 208 Å². The van der Waals surface area contributed by atoms with Gasteiger partial charge in [-0.1, -0.05) is 18.2 Å². The van der Waals surface area contributed by atoms with E-state index >= 15 is 0 Å². The van der Waals surface area contributed by atoms with E-state index in [9.17, 15) is 24.3 Å². The molecule has 0 aromatic heterocycles. The Kier molecular flexibility index (Phi) is 5.33. The van der Waals surface area contributed by atoms with Gasteiger partial charge in [0.2, 0.25) is 11.8 Å². The number of carbonyl (C=O) groups is 4. The zero-order chi connectivity index (χ0) is 25.0. The molecule has 2 aromatic carbocycles. The van der Waals surface area contributed by atoms with Crippen molar-refractivity contribution in [3.05, 3.63) is 64.2 Å². The van der Waals surface area contributed by atoms with Gasteiger partial charge >= 0.3 is 5.97 Å². The number of amides is 3. The lowest BCUT2D eigenvalue weighted by Crippen LogP contribution is -2.52. The Morgan fingerprint density at radius 3 is 2.69 bits per heavy atom. The molecule has 2 saturated heterocycles. The lowest BCUT2D eigenvalue weighted by molar-refractivity contribution is -0.136. The monoisotopic (exact) mass is 489 g/mol. The molecule has 0 radical (unpaired) electrons. The highest BCUT2D eigenvalue weighted by atomic mass is 16.5. The minimum absolute atomic E-state index is 0.116. The summed E-state index contributed by atoms with van der Waals surface area (Å²) in [6, 6.07) is 10.3. The van der Waals surface area contributed by atoms with Crippen LogP contribution in [-0.4, -0.2) is 64.3 Å². The first-order valence-electron chi connectivity index (χ1n) is 12.3. The third-order valence-corrected chi connectivity index (χ3v) is 8.12. The summed E-state index contributed by atoms with van der Waals surface area (Å²) in [4.78, 5) is 52.3. The van der Waals surface area contributed by atoms with E-state index in [1.54, 1.807) is 23.1 Å². The maximum Gasteiger partial charge on any atom is 0.335 e. The standard InChI is InChI=1S/C27H27N3O6/c31-22-7-6-21(24(32)28-22)30-14-19-18(25(30)33)4-5-20-23(19)36-15-27(20)8-10-29(11-9-27)13-16-2-1-3-17(12-16)26(34)35/h1-5,12,21H,6-11,13-15H2,(H,34,35)(H,28,31,32). The number of rotatable bonds is 4. The van der Waals surface area contributed by atoms with Crippen molar-refractivity contribution >= 4 is 23.7 Å². The molecule has 6 rings (SSSR count). The molecule has 4 heterocycles. The van der Waals surface area contributed by atoms with Crippen molar-refractivity contribution in [3.8, 4) is 5.75 Å². The third-order valence-electron chi connectivity index (χ3n) is 8.12. The molecule has 3 amide bonds. The van der Waals surface area contributed by atoms with E-state index in [1.807, 2.05) is 18.2 Å². The van der Waals surface area contributed by atoms with Crippen molar-refractivity contribution in [3.63, 3.8) is 0 Å². The number of carboxylic acid groups (broad SMARTS) is 1. The number of fused-ring (bicyclic) bond motifs is 4.